The van der Waals surface area contributed by atoms with Crippen molar-refractivity contribution in [3.05, 3.63) is 51.0 Å². The summed E-state index contributed by atoms with van der Waals surface area (Å²) in [7, 11) is 0. The molecule has 3 nitrogen and oxygen atoms in total. The van der Waals surface area contributed by atoms with Crippen molar-refractivity contribution in [2.24, 2.45) is 0 Å². The molecule has 0 fully saturated rings. The van der Waals surface area contributed by atoms with Gasteiger partial charge in [0.2, 0.25) is 5.76 Å². The third kappa shape index (κ3) is 3.01. The topological polar surface area (TPSA) is 49.0 Å². The molecule has 17 heavy (non-hydrogen) atoms. The Morgan fingerprint density at radius 3 is 2.82 bits per heavy atom. The molecule has 0 amide bonds. The lowest BCUT2D eigenvalue weighted by Crippen LogP contribution is -2.00. The summed E-state index contributed by atoms with van der Waals surface area (Å²) in [6, 6.07) is 11.7. The van der Waals surface area contributed by atoms with Crippen molar-refractivity contribution < 1.29 is 4.42 Å². The van der Waals surface area contributed by atoms with Gasteiger partial charge in [-0.15, -0.1) is 0 Å². The van der Waals surface area contributed by atoms with Gasteiger partial charge in [-0.25, -0.2) is 0 Å². The predicted molar refractivity (Wildman–Crippen MR) is 74.6 cm³/mol. The standard InChI is InChI=1S/C13H11IN2O/c1-9-6-10(14)2-5-13(9)16-8-12-4-3-11(7-15)17-12/h2-6,16H,8H2,1H3. The first-order chi connectivity index (χ1) is 8.19. The molecule has 0 bridgehead atoms. The van der Waals surface area contributed by atoms with E-state index in [0.717, 1.165) is 11.4 Å². The second kappa shape index (κ2) is 5.23. The van der Waals surface area contributed by atoms with Crippen LogP contribution in [0.5, 0.6) is 0 Å². The Morgan fingerprint density at radius 2 is 2.18 bits per heavy atom. The molecule has 0 aliphatic rings. The summed E-state index contributed by atoms with van der Waals surface area (Å²) in [6.45, 7) is 2.65. The number of anilines is 1. The molecule has 1 heterocycles. The summed E-state index contributed by atoms with van der Waals surface area (Å²) in [6.07, 6.45) is 0. The normalized spacial score (nSPS) is 9.94. The molecular formula is C13H11IN2O. The molecule has 1 N–H and O–H groups in total. The molecule has 0 unspecified atom stereocenters. The van der Waals surface area contributed by atoms with E-state index in [1.165, 1.54) is 9.13 Å². The zero-order valence-corrected chi connectivity index (χ0v) is 11.5. The SMILES string of the molecule is Cc1cc(I)ccc1NCc1ccc(C#N)o1. The van der Waals surface area contributed by atoms with Gasteiger partial charge in [-0.2, -0.15) is 5.26 Å². The second-order valence-electron chi connectivity index (χ2n) is 3.69. The molecule has 2 aromatic rings. The van der Waals surface area contributed by atoms with Crippen molar-refractivity contribution in [1.29, 1.82) is 5.26 Å². The highest BCUT2D eigenvalue weighted by Crippen LogP contribution is 2.18. The third-order valence-corrected chi connectivity index (χ3v) is 3.08. The van der Waals surface area contributed by atoms with E-state index < -0.39 is 0 Å². The molecule has 0 saturated heterocycles. The monoisotopic (exact) mass is 338 g/mol. The lowest BCUT2D eigenvalue weighted by Gasteiger charge is -2.08. The first-order valence-corrected chi connectivity index (χ1v) is 6.26. The summed E-state index contributed by atoms with van der Waals surface area (Å²) >= 11 is 2.29. The fourth-order valence-corrected chi connectivity index (χ4v) is 2.19. The van der Waals surface area contributed by atoms with Gasteiger partial charge < -0.3 is 9.73 Å². The van der Waals surface area contributed by atoms with Crippen LogP contribution in [-0.4, -0.2) is 0 Å². The number of hydrogen-bond donors (Lipinski definition) is 1. The minimum Gasteiger partial charge on any atom is -0.449 e. The molecular weight excluding hydrogens is 327 g/mol. The molecule has 0 saturated carbocycles. The van der Waals surface area contributed by atoms with Gasteiger partial charge in [-0.05, 0) is 65.4 Å². The summed E-state index contributed by atoms with van der Waals surface area (Å²) in [4.78, 5) is 0. The Labute approximate surface area is 114 Å². The number of halogens is 1. The van der Waals surface area contributed by atoms with Crippen LogP contribution in [0, 0.1) is 21.8 Å². The Kier molecular flexibility index (Phi) is 3.69. The summed E-state index contributed by atoms with van der Waals surface area (Å²) in [5.74, 6) is 1.11. The highest BCUT2D eigenvalue weighted by Gasteiger charge is 2.02. The van der Waals surface area contributed by atoms with E-state index in [1.54, 1.807) is 6.07 Å². The van der Waals surface area contributed by atoms with Gasteiger partial charge >= 0.3 is 0 Å². The molecule has 0 spiro atoms. The van der Waals surface area contributed by atoms with Crippen LogP contribution in [0.2, 0.25) is 0 Å². The van der Waals surface area contributed by atoms with Gasteiger partial charge in [0.15, 0.2) is 0 Å². The van der Waals surface area contributed by atoms with Crippen LogP contribution >= 0.6 is 22.6 Å². The van der Waals surface area contributed by atoms with Crippen molar-refractivity contribution in [3.8, 4) is 6.07 Å². The molecule has 1 aromatic carbocycles. The molecule has 0 aliphatic heterocycles. The quantitative estimate of drug-likeness (QED) is 0.869. The number of furan rings is 1. The highest BCUT2D eigenvalue weighted by molar-refractivity contribution is 14.1. The maximum Gasteiger partial charge on any atom is 0.203 e. The number of nitriles is 1. The van der Waals surface area contributed by atoms with Crippen LogP contribution in [0.25, 0.3) is 0 Å². The lowest BCUT2D eigenvalue weighted by molar-refractivity contribution is 0.506. The van der Waals surface area contributed by atoms with E-state index in [2.05, 4.69) is 47.0 Å². The third-order valence-electron chi connectivity index (χ3n) is 2.41. The van der Waals surface area contributed by atoms with Gasteiger partial charge in [-0.1, -0.05) is 0 Å². The maximum atomic E-state index is 8.65. The summed E-state index contributed by atoms with van der Waals surface area (Å²) in [5, 5.41) is 11.9. The van der Waals surface area contributed by atoms with Crippen molar-refractivity contribution in [2.45, 2.75) is 13.5 Å². The van der Waals surface area contributed by atoms with Crippen molar-refractivity contribution >= 4 is 28.3 Å². The van der Waals surface area contributed by atoms with Gasteiger partial charge in [0.25, 0.3) is 0 Å². The Hall–Kier alpha value is -1.48. The number of nitrogens with one attached hydrogen (secondary N) is 1. The minimum absolute atomic E-state index is 0.348. The average Bonchev–Trinajstić information content (AvgIpc) is 2.76. The van der Waals surface area contributed by atoms with E-state index >= 15 is 0 Å². The molecule has 0 radical (unpaired) electrons. The minimum atomic E-state index is 0.348. The lowest BCUT2D eigenvalue weighted by atomic mass is 10.2. The van der Waals surface area contributed by atoms with Crippen LogP contribution in [0.15, 0.2) is 34.7 Å². The molecule has 86 valence electrons. The summed E-state index contributed by atoms with van der Waals surface area (Å²) in [5.41, 5.74) is 2.28. The van der Waals surface area contributed by atoms with E-state index in [-0.39, 0.29) is 0 Å². The summed E-state index contributed by atoms with van der Waals surface area (Å²) < 4.78 is 6.51. The molecule has 0 aliphatic carbocycles. The number of hydrogen-bond acceptors (Lipinski definition) is 3. The van der Waals surface area contributed by atoms with Crippen molar-refractivity contribution in [1.82, 2.24) is 0 Å². The average molecular weight is 338 g/mol. The first kappa shape index (κ1) is 12.0. The van der Waals surface area contributed by atoms with Crippen LogP contribution < -0.4 is 5.32 Å². The number of aryl methyl sites for hydroxylation is 1. The Morgan fingerprint density at radius 1 is 1.35 bits per heavy atom. The van der Waals surface area contributed by atoms with Crippen LogP contribution in [0.4, 0.5) is 5.69 Å². The number of benzene rings is 1. The van der Waals surface area contributed by atoms with E-state index in [4.69, 9.17) is 9.68 Å². The smallest absolute Gasteiger partial charge is 0.203 e. The van der Waals surface area contributed by atoms with Gasteiger partial charge in [-0.3, -0.25) is 0 Å². The van der Waals surface area contributed by atoms with Crippen molar-refractivity contribution in [3.63, 3.8) is 0 Å². The Bertz CT molecular complexity index is 569. The maximum absolute atomic E-state index is 8.65. The van der Waals surface area contributed by atoms with Crippen LogP contribution in [-0.2, 0) is 6.54 Å². The zero-order valence-electron chi connectivity index (χ0n) is 9.33. The fraction of sp³-hybridized carbons (Fsp3) is 0.154. The van der Waals surface area contributed by atoms with Crippen LogP contribution in [0.3, 0.4) is 0 Å². The molecule has 4 heteroatoms. The Balaban J connectivity index is 2.05. The van der Waals surface area contributed by atoms with Crippen LogP contribution in [0.1, 0.15) is 17.1 Å². The first-order valence-electron chi connectivity index (χ1n) is 5.18. The fourth-order valence-electron chi connectivity index (χ4n) is 1.54. The van der Waals surface area contributed by atoms with Crippen molar-refractivity contribution in [2.75, 3.05) is 5.32 Å². The second-order valence-corrected chi connectivity index (χ2v) is 4.94. The molecule has 0 atom stereocenters. The highest BCUT2D eigenvalue weighted by atomic mass is 127. The predicted octanol–water partition coefficient (Wildman–Crippen LogP) is 3.68. The number of rotatable bonds is 3. The van der Waals surface area contributed by atoms with E-state index in [1.807, 2.05) is 18.2 Å². The van der Waals surface area contributed by atoms with E-state index in [9.17, 15) is 0 Å². The van der Waals surface area contributed by atoms with Gasteiger partial charge in [0, 0.05) is 9.26 Å². The van der Waals surface area contributed by atoms with E-state index in [0.29, 0.717) is 12.3 Å². The van der Waals surface area contributed by atoms with Gasteiger partial charge in [0.1, 0.15) is 11.8 Å². The largest absolute Gasteiger partial charge is 0.449 e. The molecule has 2 rings (SSSR count). The molecule has 1 aromatic heterocycles. The zero-order chi connectivity index (χ0) is 12.3. The van der Waals surface area contributed by atoms with Gasteiger partial charge in [0.05, 0.1) is 6.54 Å². The number of nitrogens with zero attached hydrogens (tertiary/aromatic N) is 1.